The number of benzene rings is 1. The van der Waals surface area contributed by atoms with Crippen molar-refractivity contribution in [1.82, 2.24) is 10.2 Å². The van der Waals surface area contributed by atoms with Crippen molar-refractivity contribution in [2.45, 2.75) is 37.8 Å². The van der Waals surface area contributed by atoms with Crippen molar-refractivity contribution >= 4 is 0 Å². The minimum Gasteiger partial charge on any atom is -0.493 e. The summed E-state index contributed by atoms with van der Waals surface area (Å²) in [5.74, 6) is 1.63. The van der Waals surface area contributed by atoms with Crippen molar-refractivity contribution in [3.05, 3.63) is 23.8 Å². The van der Waals surface area contributed by atoms with Gasteiger partial charge in [-0.05, 0) is 37.0 Å². The van der Waals surface area contributed by atoms with Crippen LogP contribution in [0.3, 0.4) is 0 Å². The normalized spacial score (nSPS) is 25.6. The molecular weight excluding hydrogens is 264 g/mol. The van der Waals surface area contributed by atoms with Gasteiger partial charge in [-0.2, -0.15) is 0 Å². The second-order valence-corrected chi connectivity index (χ2v) is 6.03. The molecule has 2 atom stereocenters. The van der Waals surface area contributed by atoms with Crippen molar-refractivity contribution in [3.8, 4) is 11.5 Å². The molecule has 1 N–H and O–H groups in total. The van der Waals surface area contributed by atoms with Gasteiger partial charge in [0.2, 0.25) is 0 Å². The number of fused-ring (bicyclic) bond motifs is 1. The zero-order chi connectivity index (χ0) is 14.7. The first-order valence-corrected chi connectivity index (χ1v) is 8.00. The molecule has 0 spiro atoms. The molecule has 1 aliphatic heterocycles. The lowest BCUT2D eigenvalue weighted by atomic mass is 10.1. The second kappa shape index (κ2) is 6.67. The van der Waals surface area contributed by atoms with Crippen molar-refractivity contribution in [2.75, 3.05) is 33.9 Å². The van der Waals surface area contributed by atoms with Crippen LogP contribution in [0.5, 0.6) is 11.5 Å². The first-order chi connectivity index (χ1) is 10.3. The van der Waals surface area contributed by atoms with Gasteiger partial charge in [0.25, 0.3) is 0 Å². The van der Waals surface area contributed by atoms with Crippen LogP contribution in [0.4, 0.5) is 0 Å². The van der Waals surface area contributed by atoms with Crippen molar-refractivity contribution < 1.29 is 9.47 Å². The van der Waals surface area contributed by atoms with Crippen LogP contribution in [-0.2, 0) is 6.42 Å². The number of hydrogen-bond donors (Lipinski definition) is 1. The summed E-state index contributed by atoms with van der Waals surface area (Å²) in [5, 5.41) is 3.66. The number of methoxy groups -OCH3 is 2. The second-order valence-electron chi connectivity index (χ2n) is 6.03. The van der Waals surface area contributed by atoms with Gasteiger partial charge in [-0.3, -0.25) is 4.90 Å². The van der Waals surface area contributed by atoms with E-state index in [0.29, 0.717) is 0 Å². The van der Waals surface area contributed by atoms with E-state index in [9.17, 15) is 0 Å². The molecule has 3 rings (SSSR count). The minimum absolute atomic E-state index is 0.726. The Hall–Kier alpha value is -1.26. The summed E-state index contributed by atoms with van der Waals surface area (Å²) in [7, 11) is 3.37. The van der Waals surface area contributed by atoms with E-state index in [4.69, 9.17) is 9.47 Å². The lowest BCUT2D eigenvalue weighted by Gasteiger charge is -2.38. The first kappa shape index (κ1) is 14.7. The molecule has 0 bridgehead atoms. The lowest BCUT2D eigenvalue weighted by molar-refractivity contribution is 0.138. The Morgan fingerprint density at radius 3 is 2.86 bits per heavy atom. The maximum absolute atomic E-state index is 5.39. The van der Waals surface area contributed by atoms with Crippen LogP contribution < -0.4 is 14.8 Å². The number of rotatable bonds is 5. The summed E-state index contributed by atoms with van der Waals surface area (Å²) >= 11 is 0. The van der Waals surface area contributed by atoms with E-state index in [1.54, 1.807) is 14.2 Å². The van der Waals surface area contributed by atoms with E-state index in [2.05, 4.69) is 22.3 Å². The highest BCUT2D eigenvalue weighted by molar-refractivity contribution is 5.42. The summed E-state index contributed by atoms with van der Waals surface area (Å²) in [5.41, 5.74) is 1.32. The highest BCUT2D eigenvalue weighted by Crippen LogP contribution is 2.29. The zero-order valence-electron chi connectivity index (χ0n) is 13.1. The maximum atomic E-state index is 5.39. The molecule has 1 saturated carbocycles. The molecule has 4 heteroatoms. The topological polar surface area (TPSA) is 33.7 Å². The maximum Gasteiger partial charge on any atom is 0.160 e. The number of ether oxygens (including phenoxy) is 2. The van der Waals surface area contributed by atoms with E-state index in [1.807, 2.05) is 6.07 Å². The van der Waals surface area contributed by atoms with Crippen LogP contribution in [0, 0.1) is 0 Å². The third-order valence-corrected chi connectivity index (χ3v) is 4.89. The van der Waals surface area contributed by atoms with Gasteiger partial charge >= 0.3 is 0 Å². The van der Waals surface area contributed by atoms with Crippen LogP contribution in [0.1, 0.15) is 24.8 Å². The van der Waals surface area contributed by atoms with Crippen molar-refractivity contribution in [2.24, 2.45) is 0 Å². The Morgan fingerprint density at radius 1 is 1.19 bits per heavy atom. The Kier molecular flexibility index (Phi) is 4.66. The Labute approximate surface area is 127 Å². The predicted molar refractivity (Wildman–Crippen MR) is 84.3 cm³/mol. The highest BCUT2D eigenvalue weighted by Gasteiger charge is 2.34. The molecule has 4 nitrogen and oxygen atoms in total. The van der Waals surface area contributed by atoms with Gasteiger partial charge < -0.3 is 14.8 Å². The molecule has 0 amide bonds. The third-order valence-electron chi connectivity index (χ3n) is 4.89. The lowest BCUT2D eigenvalue weighted by Crippen LogP contribution is -2.55. The van der Waals surface area contributed by atoms with Gasteiger partial charge in [-0.15, -0.1) is 0 Å². The van der Waals surface area contributed by atoms with Crippen molar-refractivity contribution in [3.63, 3.8) is 0 Å². The minimum atomic E-state index is 0.726. The fraction of sp³-hybridized carbons (Fsp3) is 0.647. The van der Waals surface area contributed by atoms with E-state index in [1.165, 1.54) is 31.4 Å². The molecule has 0 radical (unpaired) electrons. The number of nitrogens with zero attached hydrogens (tertiary/aromatic N) is 1. The van der Waals surface area contributed by atoms with E-state index >= 15 is 0 Å². The van der Waals surface area contributed by atoms with Crippen LogP contribution >= 0.6 is 0 Å². The molecule has 21 heavy (non-hydrogen) atoms. The molecule has 1 aromatic carbocycles. The molecular formula is C17H26N2O2. The Balaban J connectivity index is 1.62. The largest absolute Gasteiger partial charge is 0.493 e. The summed E-state index contributed by atoms with van der Waals surface area (Å²) in [6.07, 6.45) is 5.14. The summed E-state index contributed by atoms with van der Waals surface area (Å²) in [6.45, 7) is 3.44. The van der Waals surface area contributed by atoms with Crippen LogP contribution in [-0.4, -0.2) is 50.8 Å². The smallest absolute Gasteiger partial charge is 0.160 e. The molecule has 116 valence electrons. The summed E-state index contributed by atoms with van der Waals surface area (Å²) in [4.78, 5) is 2.67. The quantitative estimate of drug-likeness (QED) is 0.900. The van der Waals surface area contributed by atoms with Gasteiger partial charge in [-0.1, -0.05) is 12.5 Å². The molecule has 2 aliphatic rings. The molecule has 1 saturated heterocycles. The molecule has 1 aliphatic carbocycles. The van der Waals surface area contributed by atoms with Gasteiger partial charge in [0, 0.05) is 31.7 Å². The van der Waals surface area contributed by atoms with Gasteiger partial charge in [0.1, 0.15) is 0 Å². The van der Waals surface area contributed by atoms with Crippen LogP contribution in [0.2, 0.25) is 0 Å². The SMILES string of the molecule is COc1ccc(CCN2CCNC3CCCC32)cc1OC. The Bertz CT molecular complexity index is 478. The number of nitrogens with one attached hydrogen (secondary N) is 1. The molecule has 1 aromatic rings. The third kappa shape index (κ3) is 3.16. The fourth-order valence-electron chi connectivity index (χ4n) is 3.76. The van der Waals surface area contributed by atoms with E-state index in [0.717, 1.165) is 43.1 Å². The molecule has 2 fully saturated rings. The zero-order valence-corrected chi connectivity index (χ0v) is 13.1. The highest BCUT2D eigenvalue weighted by atomic mass is 16.5. The molecule has 0 aromatic heterocycles. The van der Waals surface area contributed by atoms with Crippen LogP contribution in [0.25, 0.3) is 0 Å². The number of hydrogen-bond acceptors (Lipinski definition) is 4. The summed E-state index contributed by atoms with van der Waals surface area (Å²) < 4.78 is 10.7. The average Bonchev–Trinajstić information content (AvgIpc) is 3.01. The van der Waals surface area contributed by atoms with Crippen molar-refractivity contribution in [1.29, 1.82) is 0 Å². The molecule has 1 heterocycles. The van der Waals surface area contributed by atoms with Crippen LogP contribution in [0.15, 0.2) is 18.2 Å². The monoisotopic (exact) mass is 290 g/mol. The summed E-state index contributed by atoms with van der Waals surface area (Å²) in [6, 6.07) is 7.73. The van der Waals surface area contributed by atoms with Gasteiger partial charge in [0.15, 0.2) is 11.5 Å². The van der Waals surface area contributed by atoms with E-state index < -0.39 is 0 Å². The van der Waals surface area contributed by atoms with Gasteiger partial charge in [-0.25, -0.2) is 0 Å². The molecule has 2 unspecified atom stereocenters. The standard InChI is InChI=1S/C17H26N2O2/c1-20-16-7-6-13(12-17(16)21-2)8-10-19-11-9-18-14-4-3-5-15(14)19/h6-7,12,14-15,18H,3-5,8-11H2,1-2H3. The van der Waals surface area contributed by atoms with E-state index in [-0.39, 0.29) is 0 Å². The average molecular weight is 290 g/mol. The van der Waals surface area contributed by atoms with Gasteiger partial charge in [0.05, 0.1) is 14.2 Å². The first-order valence-electron chi connectivity index (χ1n) is 8.00. The predicted octanol–water partition coefficient (Wildman–Crippen LogP) is 2.07. The fourth-order valence-corrected chi connectivity index (χ4v) is 3.76. The number of piperazine rings is 1. The Morgan fingerprint density at radius 2 is 2.05 bits per heavy atom.